The van der Waals surface area contributed by atoms with Crippen LogP contribution in [-0.4, -0.2) is 11.0 Å². The highest BCUT2D eigenvalue weighted by Crippen LogP contribution is 2.01. The maximum atomic E-state index is 11.0. The van der Waals surface area contributed by atoms with Crippen LogP contribution in [0, 0.1) is 13.8 Å². The third-order valence-electron chi connectivity index (χ3n) is 1.72. The van der Waals surface area contributed by atoms with E-state index in [4.69, 9.17) is 0 Å². The molecular formula is C8H8NO3-. The van der Waals surface area contributed by atoms with Crippen molar-refractivity contribution in [3.8, 4) is 0 Å². The van der Waals surface area contributed by atoms with Gasteiger partial charge in [-0.25, -0.2) is 0 Å². The highest BCUT2D eigenvalue weighted by Gasteiger charge is 2.02. The van der Waals surface area contributed by atoms with E-state index in [-0.39, 0.29) is 5.56 Å². The van der Waals surface area contributed by atoms with Gasteiger partial charge in [0.25, 0.3) is 5.56 Å². The lowest BCUT2D eigenvalue weighted by Crippen LogP contribution is -2.30. The van der Waals surface area contributed by atoms with Gasteiger partial charge in [-0.15, -0.1) is 0 Å². The van der Waals surface area contributed by atoms with Gasteiger partial charge in [-0.1, -0.05) is 0 Å². The molecule has 0 aliphatic rings. The highest BCUT2D eigenvalue weighted by atomic mass is 16.4. The van der Waals surface area contributed by atoms with Crippen LogP contribution in [0.4, 0.5) is 0 Å². The van der Waals surface area contributed by atoms with Crippen LogP contribution in [0.25, 0.3) is 0 Å². The first-order chi connectivity index (χ1) is 5.52. The molecule has 0 unspecified atom stereocenters. The van der Waals surface area contributed by atoms with Crippen LogP contribution in [0.5, 0.6) is 0 Å². The van der Waals surface area contributed by atoms with Crippen molar-refractivity contribution in [3.63, 3.8) is 0 Å². The minimum atomic E-state index is -1.45. The average Bonchev–Trinajstić information content (AvgIpc) is 1.96. The quantitative estimate of drug-likeness (QED) is 0.602. The Bertz CT molecular complexity index is 378. The molecule has 12 heavy (non-hydrogen) atoms. The molecule has 0 saturated heterocycles. The van der Waals surface area contributed by atoms with Crippen molar-refractivity contribution in [3.05, 3.63) is 33.2 Å². The Balaban J connectivity index is 3.43. The molecular weight excluding hydrogens is 158 g/mol. The summed E-state index contributed by atoms with van der Waals surface area (Å²) in [7, 11) is 0. The first-order valence-corrected chi connectivity index (χ1v) is 3.44. The zero-order chi connectivity index (χ0) is 9.30. The van der Waals surface area contributed by atoms with Crippen molar-refractivity contribution in [2.45, 2.75) is 13.8 Å². The number of hydrogen-bond acceptors (Lipinski definition) is 3. The van der Waals surface area contributed by atoms with Crippen LogP contribution in [0.1, 0.15) is 21.6 Å². The lowest BCUT2D eigenvalue weighted by atomic mass is 10.1. The number of carbonyl (C=O) groups excluding carboxylic acids is 1. The Morgan fingerprint density at radius 3 is 2.58 bits per heavy atom. The molecule has 0 fully saturated rings. The number of pyridine rings is 1. The number of rotatable bonds is 1. The fraction of sp³-hybridized carbons (Fsp3) is 0.250. The van der Waals surface area contributed by atoms with Crippen LogP contribution in [0.15, 0.2) is 10.9 Å². The molecule has 0 aromatic carbocycles. The van der Waals surface area contributed by atoms with Gasteiger partial charge in [0.2, 0.25) is 0 Å². The van der Waals surface area contributed by atoms with Crippen molar-refractivity contribution < 1.29 is 9.90 Å². The molecule has 0 bridgehead atoms. The minimum Gasteiger partial charge on any atom is -0.545 e. The summed E-state index contributed by atoms with van der Waals surface area (Å²) in [6, 6.07) is 1.31. The molecule has 1 aromatic heterocycles. The molecule has 1 rings (SSSR count). The Labute approximate surface area is 68.9 Å². The smallest absolute Gasteiger partial charge is 0.257 e. The van der Waals surface area contributed by atoms with Crippen molar-refractivity contribution in [2.24, 2.45) is 0 Å². The third kappa shape index (κ3) is 1.37. The minimum absolute atomic E-state index is 0.321. The number of aromatic carboxylic acids is 1. The zero-order valence-corrected chi connectivity index (χ0v) is 6.80. The molecule has 4 heteroatoms. The van der Waals surface area contributed by atoms with E-state index in [1.165, 1.54) is 6.07 Å². The van der Waals surface area contributed by atoms with Crippen molar-refractivity contribution in [1.82, 2.24) is 4.98 Å². The number of nitrogens with one attached hydrogen (secondary N) is 1. The van der Waals surface area contributed by atoms with Gasteiger partial charge in [0, 0.05) is 5.69 Å². The second-order valence-electron chi connectivity index (χ2n) is 2.61. The SMILES string of the molecule is Cc1cc(C(=O)[O-])c(=O)[nH]c1C. The molecule has 64 valence electrons. The van der Waals surface area contributed by atoms with Crippen LogP contribution in [0.3, 0.4) is 0 Å². The molecule has 0 spiro atoms. The number of aromatic nitrogens is 1. The maximum absolute atomic E-state index is 11.0. The summed E-state index contributed by atoms with van der Waals surface area (Å²) in [5.41, 5.74) is 0.468. The summed E-state index contributed by atoms with van der Waals surface area (Å²) in [5, 5.41) is 10.4. The molecule has 0 amide bonds. The molecule has 4 nitrogen and oxygen atoms in total. The van der Waals surface area contributed by atoms with E-state index >= 15 is 0 Å². The molecule has 1 heterocycles. The Kier molecular flexibility index (Phi) is 1.99. The summed E-state index contributed by atoms with van der Waals surface area (Å²) < 4.78 is 0. The molecule has 0 aliphatic heterocycles. The molecule has 0 aliphatic carbocycles. The highest BCUT2D eigenvalue weighted by molar-refractivity contribution is 5.85. The van der Waals surface area contributed by atoms with E-state index in [9.17, 15) is 14.7 Å². The number of aryl methyl sites for hydroxylation is 2. The zero-order valence-electron chi connectivity index (χ0n) is 6.80. The summed E-state index contributed by atoms with van der Waals surface area (Å²) in [6.45, 7) is 3.42. The van der Waals surface area contributed by atoms with E-state index in [2.05, 4.69) is 4.98 Å². The lowest BCUT2D eigenvalue weighted by Gasteiger charge is -2.04. The second-order valence-corrected chi connectivity index (χ2v) is 2.61. The van der Waals surface area contributed by atoms with Crippen LogP contribution in [-0.2, 0) is 0 Å². The maximum Gasteiger partial charge on any atom is 0.257 e. The van der Waals surface area contributed by atoms with E-state index in [1.54, 1.807) is 13.8 Å². The monoisotopic (exact) mass is 166 g/mol. The summed E-state index contributed by atoms with van der Waals surface area (Å²) >= 11 is 0. The van der Waals surface area contributed by atoms with Gasteiger partial charge in [-0.2, -0.15) is 0 Å². The van der Waals surface area contributed by atoms with Gasteiger partial charge in [0.05, 0.1) is 11.5 Å². The predicted octanol–water partition coefficient (Wildman–Crippen LogP) is -0.645. The van der Waals surface area contributed by atoms with E-state index in [1.807, 2.05) is 0 Å². The fourth-order valence-electron chi connectivity index (χ4n) is 0.878. The third-order valence-corrected chi connectivity index (χ3v) is 1.72. The number of hydrogen-bond donors (Lipinski definition) is 1. The number of carbonyl (C=O) groups is 1. The van der Waals surface area contributed by atoms with Gasteiger partial charge >= 0.3 is 0 Å². The Morgan fingerprint density at radius 2 is 2.08 bits per heavy atom. The molecule has 0 radical (unpaired) electrons. The molecule has 0 saturated carbocycles. The summed E-state index contributed by atoms with van der Waals surface area (Å²) in [4.78, 5) is 23.7. The van der Waals surface area contributed by atoms with Crippen molar-refractivity contribution >= 4 is 5.97 Å². The lowest BCUT2D eigenvalue weighted by molar-refractivity contribution is -0.255. The van der Waals surface area contributed by atoms with E-state index < -0.39 is 11.5 Å². The largest absolute Gasteiger partial charge is 0.545 e. The average molecular weight is 166 g/mol. The molecule has 1 aromatic rings. The number of aromatic amines is 1. The Morgan fingerprint density at radius 1 is 1.50 bits per heavy atom. The number of carboxylic acids is 1. The van der Waals surface area contributed by atoms with E-state index in [0.29, 0.717) is 5.69 Å². The van der Waals surface area contributed by atoms with Crippen LogP contribution in [0.2, 0.25) is 0 Å². The topological polar surface area (TPSA) is 73.0 Å². The van der Waals surface area contributed by atoms with Gasteiger partial charge in [-0.05, 0) is 25.5 Å². The van der Waals surface area contributed by atoms with Crippen LogP contribution >= 0.6 is 0 Å². The molecule has 0 atom stereocenters. The Hall–Kier alpha value is -1.58. The van der Waals surface area contributed by atoms with E-state index in [0.717, 1.165) is 5.56 Å². The summed E-state index contributed by atoms with van der Waals surface area (Å²) in [5.74, 6) is -1.45. The normalized spacial score (nSPS) is 9.83. The second kappa shape index (κ2) is 2.81. The number of carboxylic acid groups (broad SMARTS) is 1. The predicted molar refractivity (Wildman–Crippen MR) is 40.9 cm³/mol. The van der Waals surface area contributed by atoms with Crippen molar-refractivity contribution in [2.75, 3.05) is 0 Å². The fourth-order valence-corrected chi connectivity index (χ4v) is 0.878. The van der Waals surface area contributed by atoms with Crippen LogP contribution < -0.4 is 10.7 Å². The van der Waals surface area contributed by atoms with Gasteiger partial charge < -0.3 is 14.9 Å². The standard InChI is InChI=1S/C8H9NO3/c1-4-3-6(8(11)12)7(10)9-5(4)2/h3H,1-2H3,(H,9,10)(H,11,12)/p-1. The van der Waals surface area contributed by atoms with Gasteiger partial charge in [0.15, 0.2) is 0 Å². The van der Waals surface area contributed by atoms with Crippen molar-refractivity contribution in [1.29, 1.82) is 0 Å². The first kappa shape index (κ1) is 8.52. The first-order valence-electron chi connectivity index (χ1n) is 3.44. The molecule has 1 N–H and O–H groups in total. The number of H-pyrrole nitrogens is 1. The van der Waals surface area contributed by atoms with Gasteiger partial charge in [0.1, 0.15) is 0 Å². The summed E-state index contributed by atoms with van der Waals surface area (Å²) in [6.07, 6.45) is 0. The van der Waals surface area contributed by atoms with Gasteiger partial charge in [-0.3, -0.25) is 4.79 Å².